The molecule has 0 saturated heterocycles. The molecule has 0 heterocycles. The number of carbonyl (C=O) groups is 1. The third-order valence-corrected chi connectivity index (χ3v) is 6.47. The van der Waals surface area contributed by atoms with Gasteiger partial charge in [0, 0.05) is 6.92 Å². The zero-order valence-corrected chi connectivity index (χ0v) is 15.6. The van der Waals surface area contributed by atoms with Crippen molar-refractivity contribution < 1.29 is 22.7 Å². The SMILES string of the molecule is CC(F)(F)COC(=O)C12CC3CC(CC(O[Si](C)(C)C)(C3)C1)C2. The van der Waals surface area contributed by atoms with E-state index in [9.17, 15) is 13.6 Å². The average Bonchev–Trinajstić information content (AvgIpc) is 2.30. The summed E-state index contributed by atoms with van der Waals surface area (Å²) in [4.78, 5) is 12.7. The van der Waals surface area contributed by atoms with Gasteiger partial charge in [-0.2, -0.15) is 0 Å². The fourth-order valence-corrected chi connectivity index (χ4v) is 7.07. The summed E-state index contributed by atoms with van der Waals surface area (Å²) < 4.78 is 37.7. The maximum absolute atomic E-state index is 13.1. The van der Waals surface area contributed by atoms with Gasteiger partial charge in [-0.25, -0.2) is 8.78 Å². The van der Waals surface area contributed by atoms with Crippen LogP contribution in [0.2, 0.25) is 19.6 Å². The van der Waals surface area contributed by atoms with E-state index in [2.05, 4.69) is 19.6 Å². The Labute approximate surface area is 138 Å². The molecule has 23 heavy (non-hydrogen) atoms. The van der Waals surface area contributed by atoms with Crippen LogP contribution in [-0.2, 0) is 14.0 Å². The smallest absolute Gasteiger partial charge is 0.312 e. The molecule has 0 N–H and O–H groups in total. The summed E-state index contributed by atoms with van der Waals surface area (Å²) >= 11 is 0. The highest BCUT2D eigenvalue weighted by Gasteiger charge is 2.62. The lowest BCUT2D eigenvalue weighted by molar-refractivity contribution is -0.198. The number of carbonyl (C=O) groups excluding carboxylic acids is 1. The quantitative estimate of drug-likeness (QED) is 0.547. The summed E-state index contributed by atoms with van der Waals surface area (Å²) in [6, 6.07) is 0. The highest BCUT2D eigenvalue weighted by Crippen LogP contribution is 2.63. The Hall–Kier alpha value is -0.493. The van der Waals surface area contributed by atoms with Crippen LogP contribution < -0.4 is 0 Å². The summed E-state index contributed by atoms with van der Waals surface area (Å²) in [5, 5.41) is 0. The standard InChI is InChI=1S/C17H28F2O3Si/c1-15(18,19)11-21-14(20)16-6-12-5-13(7-16)9-17(8-12,10-16)22-23(2,3)4/h12-13H,5-11H2,1-4H3. The van der Waals surface area contributed by atoms with Crippen molar-refractivity contribution >= 4 is 14.3 Å². The Kier molecular flexibility index (Phi) is 3.96. The van der Waals surface area contributed by atoms with Crippen molar-refractivity contribution in [1.82, 2.24) is 0 Å². The lowest BCUT2D eigenvalue weighted by Gasteiger charge is -2.61. The fraction of sp³-hybridized carbons (Fsp3) is 0.941. The van der Waals surface area contributed by atoms with Gasteiger partial charge in [0.2, 0.25) is 0 Å². The number of ether oxygens (including phenoxy) is 1. The number of halogens is 2. The van der Waals surface area contributed by atoms with Gasteiger partial charge in [0.05, 0.1) is 11.0 Å². The monoisotopic (exact) mass is 346 g/mol. The molecule has 0 radical (unpaired) electrons. The molecule has 0 amide bonds. The highest BCUT2D eigenvalue weighted by atomic mass is 28.4. The zero-order chi connectivity index (χ0) is 17.1. The Balaban J connectivity index is 1.79. The minimum absolute atomic E-state index is 0.220. The molecular weight excluding hydrogens is 318 g/mol. The van der Waals surface area contributed by atoms with Gasteiger partial charge in [0.1, 0.15) is 0 Å². The van der Waals surface area contributed by atoms with Gasteiger partial charge in [-0.3, -0.25) is 4.79 Å². The van der Waals surface area contributed by atoms with Crippen LogP contribution in [-0.4, -0.2) is 32.4 Å². The van der Waals surface area contributed by atoms with Crippen molar-refractivity contribution in [2.75, 3.05) is 6.61 Å². The molecule has 3 nitrogen and oxygen atoms in total. The molecule has 0 aromatic rings. The minimum Gasteiger partial charge on any atom is -0.459 e. The summed E-state index contributed by atoms with van der Waals surface area (Å²) in [6.07, 6.45) is 5.42. The third-order valence-electron chi connectivity index (χ3n) is 5.42. The Morgan fingerprint density at radius 1 is 1.17 bits per heavy atom. The van der Waals surface area contributed by atoms with E-state index in [1.165, 1.54) is 0 Å². The minimum atomic E-state index is -2.97. The van der Waals surface area contributed by atoms with Crippen LogP contribution in [0.1, 0.15) is 45.4 Å². The Morgan fingerprint density at radius 2 is 1.74 bits per heavy atom. The average molecular weight is 346 g/mol. The normalized spacial score (nSPS) is 39.6. The largest absolute Gasteiger partial charge is 0.459 e. The van der Waals surface area contributed by atoms with E-state index in [0.717, 1.165) is 39.0 Å². The van der Waals surface area contributed by atoms with E-state index in [1.54, 1.807) is 0 Å². The summed E-state index contributed by atoms with van der Waals surface area (Å²) in [7, 11) is -1.73. The molecule has 132 valence electrons. The van der Waals surface area contributed by atoms with E-state index < -0.39 is 32.2 Å². The van der Waals surface area contributed by atoms with Crippen molar-refractivity contribution in [3.63, 3.8) is 0 Å². The molecule has 0 spiro atoms. The molecule has 6 heteroatoms. The lowest BCUT2D eigenvalue weighted by atomic mass is 9.48. The first-order chi connectivity index (χ1) is 10.4. The van der Waals surface area contributed by atoms with Gasteiger partial charge < -0.3 is 9.16 Å². The molecule has 4 saturated carbocycles. The predicted molar refractivity (Wildman–Crippen MR) is 85.9 cm³/mol. The van der Waals surface area contributed by atoms with Crippen LogP contribution in [0.5, 0.6) is 0 Å². The van der Waals surface area contributed by atoms with Gasteiger partial charge in [-0.15, -0.1) is 0 Å². The molecule has 0 aromatic heterocycles. The topological polar surface area (TPSA) is 35.5 Å². The van der Waals surface area contributed by atoms with E-state index in [1.807, 2.05) is 0 Å². The van der Waals surface area contributed by atoms with Crippen LogP contribution in [0.25, 0.3) is 0 Å². The fourth-order valence-electron chi connectivity index (χ4n) is 5.53. The molecule has 4 bridgehead atoms. The first kappa shape index (κ1) is 17.3. The van der Waals surface area contributed by atoms with Crippen molar-refractivity contribution in [2.24, 2.45) is 17.3 Å². The number of hydrogen-bond donors (Lipinski definition) is 0. The Bertz CT molecular complexity index is 481. The maximum Gasteiger partial charge on any atom is 0.312 e. The number of rotatable bonds is 5. The highest BCUT2D eigenvalue weighted by molar-refractivity contribution is 6.69. The number of esters is 1. The summed E-state index contributed by atoms with van der Waals surface area (Å²) in [6.45, 7) is 6.50. The molecule has 0 aromatic carbocycles. The van der Waals surface area contributed by atoms with Crippen LogP contribution in [0.4, 0.5) is 8.78 Å². The molecule has 4 aliphatic carbocycles. The first-order valence-corrected chi connectivity index (χ1v) is 12.1. The lowest BCUT2D eigenvalue weighted by Crippen LogP contribution is -2.61. The van der Waals surface area contributed by atoms with Gasteiger partial charge in [0.25, 0.3) is 5.92 Å². The second-order valence-electron chi connectivity index (χ2n) is 9.29. The van der Waals surface area contributed by atoms with Gasteiger partial charge in [-0.05, 0) is 70.0 Å². The van der Waals surface area contributed by atoms with Crippen LogP contribution in [0, 0.1) is 17.3 Å². The molecular formula is C17H28F2O3Si. The van der Waals surface area contributed by atoms with E-state index >= 15 is 0 Å². The summed E-state index contributed by atoms with van der Waals surface area (Å²) in [5.41, 5.74) is -0.808. The van der Waals surface area contributed by atoms with Crippen molar-refractivity contribution in [2.45, 2.75) is 76.6 Å². The van der Waals surface area contributed by atoms with Crippen LogP contribution in [0.15, 0.2) is 0 Å². The predicted octanol–water partition coefficient (Wildman–Crippen LogP) is 4.38. The number of alkyl halides is 2. The van der Waals surface area contributed by atoms with Crippen molar-refractivity contribution in [1.29, 1.82) is 0 Å². The van der Waals surface area contributed by atoms with E-state index in [4.69, 9.17) is 9.16 Å². The van der Waals surface area contributed by atoms with Gasteiger partial charge in [-0.1, -0.05) is 0 Å². The van der Waals surface area contributed by atoms with Crippen LogP contribution in [0.3, 0.4) is 0 Å². The Morgan fingerprint density at radius 3 is 2.22 bits per heavy atom. The first-order valence-electron chi connectivity index (χ1n) is 8.66. The molecule has 4 fully saturated rings. The van der Waals surface area contributed by atoms with Gasteiger partial charge in [0.15, 0.2) is 14.9 Å². The molecule has 2 unspecified atom stereocenters. The van der Waals surface area contributed by atoms with E-state index in [-0.39, 0.29) is 5.60 Å². The molecule has 4 rings (SSSR count). The zero-order valence-electron chi connectivity index (χ0n) is 14.6. The molecule has 4 aliphatic rings. The molecule has 0 aliphatic heterocycles. The third kappa shape index (κ3) is 3.63. The van der Waals surface area contributed by atoms with Gasteiger partial charge >= 0.3 is 5.97 Å². The molecule has 2 atom stereocenters. The van der Waals surface area contributed by atoms with E-state index in [0.29, 0.717) is 18.3 Å². The van der Waals surface area contributed by atoms with Crippen molar-refractivity contribution in [3.8, 4) is 0 Å². The maximum atomic E-state index is 13.1. The second kappa shape index (κ2) is 5.25. The van der Waals surface area contributed by atoms with Crippen molar-refractivity contribution in [3.05, 3.63) is 0 Å². The second-order valence-corrected chi connectivity index (χ2v) is 13.7. The van der Waals surface area contributed by atoms with Crippen LogP contribution >= 0.6 is 0 Å². The summed E-state index contributed by atoms with van der Waals surface area (Å²) in [5.74, 6) is -2.44. The number of hydrogen-bond acceptors (Lipinski definition) is 3.